The molecular weight excluding hydrogens is 389 g/mol. The van der Waals surface area contributed by atoms with Crippen LogP contribution in [0, 0.1) is 5.82 Å². The molecule has 1 saturated heterocycles. The fourth-order valence-corrected chi connectivity index (χ4v) is 3.92. The van der Waals surface area contributed by atoms with E-state index >= 15 is 0 Å². The lowest BCUT2D eigenvalue weighted by molar-refractivity contribution is 0.200. The molecule has 1 saturated carbocycles. The van der Waals surface area contributed by atoms with Crippen LogP contribution in [0.2, 0.25) is 0 Å². The van der Waals surface area contributed by atoms with Crippen LogP contribution in [0.4, 0.5) is 15.0 Å². The van der Waals surface area contributed by atoms with Gasteiger partial charge in [0.05, 0.1) is 19.3 Å². The molecule has 156 valence electrons. The minimum Gasteiger partial charge on any atom is -0.496 e. The zero-order chi connectivity index (χ0) is 20.7. The molecule has 1 aromatic carbocycles. The topological polar surface area (TPSA) is 81.0 Å². The lowest BCUT2D eigenvalue weighted by atomic mass is 10.0. The molecule has 2 fully saturated rings. The van der Waals surface area contributed by atoms with Crippen molar-refractivity contribution in [3.63, 3.8) is 0 Å². The first-order chi connectivity index (χ1) is 14.6. The fourth-order valence-electron chi connectivity index (χ4n) is 3.92. The molecule has 1 atom stereocenters. The largest absolute Gasteiger partial charge is 0.496 e. The van der Waals surface area contributed by atoms with Gasteiger partial charge >= 0.3 is 6.09 Å². The van der Waals surface area contributed by atoms with Crippen LogP contribution in [0.15, 0.2) is 36.7 Å². The van der Waals surface area contributed by atoms with E-state index in [0.717, 1.165) is 37.8 Å². The number of benzene rings is 1. The molecule has 0 radical (unpaired) electrons. The summed E-state index contributed by atoms with van der Waals surface area (Å²) >= 11 is 0. The molecule has 3 heterocycles. The zero-order valence-corrected chi connectivity index (χ0v) is 16.5. The number of rotatable bonds is 5. The number of carbonyl (C=O) groups is 1. The standard InChI is InChI=1S/C21H22FN5O3/c1-29-17-7-4-13(22)11-15(17)16-3-2-9-26(16)19-8-10-27-20(25-19)18(12-23-27)30-21(28)24-14-5-6-14/h4,7-8,10-12,14,16H,2-3,5-6,9H2,1H3,(H,24,28)/t16-/m1/s1. The number of nitrogens with zero attached hydrogens (tertiary/aromatic N) is 4. The monoisotopic (exact) mass is 411 g/mol. The minimum absolute atomic E-state index is 0.0592. The first-order valence-corrected chi connectivity index (χ1v) is 10.0. The molecule has 0 bridgehead atoms. The second-order valence-corrected chi connectivity index (χ2v) is 7.61. The highest BCUT2D eigenvalue weighted by Crippen LogP contribution is 2.40. The van der Waals surface area contributed by atoms with Gasteiger partial charge in [0.15, 0.2) is 5.75 Å². The van der Waals surface area contributed by atoms with E-state index in [4.69, 9.17) is 14.5 Å². The lowest BCUT2D eigenvalue weighted by Gasteiger charge is -2.27. The summed E-state index contributed by atoms with van der Waals surface area (Å²) in [4.78, 5) is 18.9. The van der Waals surface area contributed by atoms with Crippen LogP contribution >= 0.6 is 0 Å². The molecule has 5 rings (SSSR count). The molecule has 8 nitrogen and oxygen atoms in total. The third kappa shape index (κ3) is 3.51. The molecule has 2 aliphatic rings. The van der Waals surface area contributed by atoms with E-state index in [-0.39, 0.29) is 17.9 Å². The van der Waals surface area contributed by atoms with Gasteiger partial charge in [-0.3, -0.25) is 0 Å². The zero-order valence-electron chi connectivity index (χ0n) is 16.5. The van der Waals surface area contributed by atoms with Crippen molar-refractivity contribution < 1.29 is 18.7 Å². The molecule has 1 aliphatic heterocycles. The summed E-state index contributed by atoms with van der Waals surface area (Å²) in [5.41, 5.74) is 1.25. The number of amides is 1. The van der Waals surface area contributed by atoms with Crippen molar-refractivity contribution in [3.05, 3.63) is 48.0 Å². The fraction of sp³-hybridized carbons (Fsp3) is 0.381. The van der Waals surface area contributed by atoms with E-state index in [1.54, 1.807) is 23.9 Å². The molecule has 1 N–H and O–H groups in total. The smallest absolute Gasteiger partial charge is 0.413 e. The number of nitrogens with one attached hydrogen (secondary N) is 1. The predicted octanol–water partition coefficient (Wildman–Crippen LogP) is 3.47. The second-order valence-electron chi connectivity index (χ2n) is 7.61. The molecule has 1 aliphatic carbocycles. The number of hydrogen-bond acceptors (Lipinski definition) is 6. The summed E-state index contributed by atoms with van der Waals surface area (Å²) in [7, 11) is 1.59. The number of fused-ring (bicyclic) bond motifs is 1. The summed E-state index contributed by atoms with van der Waals surface area (Å²) in [5.74, 6) is 1.37. The highest BCUT2D eigenvalue weighted by Gasteiger charge is 2.30. The van der Waals surface area contributed by atoms with Crippen LogP contribution in [0.1, 0.15) is 37.3 Å². The Hall–Kier alpha value is -3.36. The van der Waals surface area contributed by atoms with Gasteiger partial charge in [0.25, 0.3) is 0 Å². The summed E-state index contributed by atoms with van der Waals surface area (Å²) in [6.07, 6.45) is 6.53. The number of hydrogen-bond donors (Lipinski definition) is 1. The summed E-state index contributed by atoms with van der Waals surface area (Å²) in [5, 5.41) is 7.00. The number of ether oxygens (including phenoxy) is 2. The number of halogens is 1. The van der Waals surface area contributed by atoms with Crippen LogP contribution in [-0.2, 0) is 0 Å². The van der Waals surface area contributed by atoms with E-state index < -0.39 is 6.09 Å². The van der Waals surface area contributed by atoms with E-state index in [1.807, 2.05) is 6.07 Å². The van der Waals surface area contributed by atoms with Crippen molar-refractivity contribution in [1.82, 2.24) is 19.9 Å². The highest BCUT2D eigenvalue weighted by atomic mass is 19.1. The van der Waals surface area contributed by atoms with Crippen LogP contribution in [0.5, 0.6) is 11.5 Å². The Labute approximate surface area is 172 Å². The minimum atomic E-state index is -0.497. The molecule has 30 heavy (non-hydrogen) atoms. The van der Waals surface area contributed by atoms with Crippen molar-refractivity contribution in [2.75, 3.05) is 18.6 Å². The van der Waals surface area contributed by atoms with Gasteiger partial charge < -0.3 is 19.7 Å². The Morgan fingerprint density at radius 2 is 2.10 bits per heavy atom. The third-order valence-electron chi connectivity index (χ3n) is 5.52. The first kappa shape index (κ1) is 18.7. The number of methoxy groups -OCH3 is 1. The van der Waals surface area contributed by atoms with Crippen molar-refractivity contribution in [3.8, 4) is 11.5 Å². The van der Waals surface area contributed by atoms with Gasteiger partial charge in [0.2, 0.25) is 5.65 Å². The summed E-state index contributed by atoms with van der Waals surface area (Å²) in [6, 6.07) is 6.58. The Kier molecular flexibility index (Phi) is 4.65. The Bertz CT molecular complexity index is 1100. The SMILES string of the molecule is COc1ccc(F)cc1[C@H]1CCCN1c1ccn2ncc(OC(=O)NC3CC3)c2n1. The van der Waals surface area contributed by atoms with Gasteiger partial charge in [0.1, 0.15) is 17.4 Å². The number of anilines is 1. The molecule has 3 aromatic rings. The van der Waals surface area contributed by atoms with Crippen LogP contribution in [0.3, 0.4) is 0 Å². The highest BCUT2D eigenvalue weighted by molar-refractivity contribution is 5.74. The van der Waals surface area contributed by atoms with Crippen molar-refractivity contribution in [2.45, 2.75) is 37.8 Å². The van der Waals surface area contributed by atoms with Crippen molar-refractivity contribution >= 4 is 17.6 Å². The van der Waals surface area contributed by atoms with Gasteiger partial charge in [-0.2, -0.15) is 5.10 Å². The lowest BCUT2D eigenvalue weighted by Crippen LogP contribution is -2.28. The van der Waals surface area contributed by atoms with Crippen LogP contribution < -0.4 is 19.7 Å². The van der Waals surface area contributed by atoms with Crippen LogP contribution in [0.25, 0.3) is 5.65 Å². The summed E-state index contributed by atoms with van der Waals surface area (Å²) < 4.78 is 26.4. The molecule has 0 spiro atoms. The van der Waals surface area contributed by atoms with Crippen molar-refractivity contribution in [2.24, 2.45) is 0 Å². The first-order valence-electron chi connectivity index (χ1n) is 10.0. The Morgan fingerprint density at radius 1 is 1.23 bits per heavy atom. The second kappa shape index (κ2) is 7.47. The van der Waals surface area contributed by atoms with E-state index in [1.165, 1.54) is 18.3 Å². The predicted molar refractivity (Wildman–Crippen MR) is 107 cm³/mol. The molecule has 2 aromatic heterocycles. The quantitative estimate of drug-likeness (QED) is 0.693. The maximum absolute atomic E-state index is 13.9. The van der Waals surface area contributed by atoms with Gasteiger partial charge in [-0.25, -0.2) is 18.7 Å². The molecule has 0 unspecified atom stereocenters. The molecular formula is C21H22FN5O3. The third-order valence-corrected chi connectivity index (χ3v) is 5.52. The Balaban J connectivity index is 1.45. The van der Waals surface area contributed by atoms with Crippen molar-refractivity contribution in [1.29, 1.82) is 0 Å². The normalized spacial score (nSPS) is 18.6. The average molecular weight is 411 g/mol. The van der Waals surface area contributed by atoms with Gasteiger partial charge in [-0.1, -0.05) is 0 Å². The van der Waals surface area contributed by atoms with E-state index in [0.29, 0.717) is 23.0 Å². The summed E-state index contributed by atoms with van der Waals surface area (Å²) in [6.45, 7) is 0.778. The Morgan fingerprint density at radius 3 is 2.90 bits per heavy atom. The van der Waals surface area contributed by atoms with Crippen LogP contribution in [-0.4, -0.2) is 40.4 Å². The number of aromatic nitrogens is 3. The van der Waals surface area contributed by atoms with Gasteiger partial charge in [0, 0.05) is 24.3 Å². The maximum atomic E-state index is 13.9. The number of carbonyl (C=O) groups excluding carboxylic acids is 1. The average Bonchev–Trinajstić information content (AvgIpc) is 3.26. The maximum Gasteiger partial charge on any atom is 0.413 e. The van der Waals surface area contributed by atoms with E-state index in [2.05, 4.69) is 15.3 Å². The molecule has 9 heteroatoms. The van der Waals surface area contributed by atoms with E-state index in [9.17, 15) is 9.18 Å². The van der Waals surface area contributed by atoms with Gasteiger partial charge in [-0.05, 0) is 49.9 Å². The van der Waals surface area contributed by atoms with Gasteiger partial charge in [-0.15, -0.1) is 0 Å². The molecule has 1 amide bonds.